The number of unbranched alkanes of at least 4 members (excludes halogenated alkanes) is 3. The number of rotatable bonds is 8. The second-order valence-electron chi connectivity index (χ2n) is 2.71. The summed E-state index contributed by atoms with van der Waals surface area (Å²) in [5.41, 5.74) is 0. The fourth-order valence-electron chi connectivity index (χ4n) is 1.00. The topological polar surface area (TPSA) is 21.3 Å². The Morgan fingerprint density at radius 1 is 1.09 bits per heavy atom. The Hall–Kier alpha value is -0.0800. The standard InChI is InChI=1S/C9H21NO/c1-3-11-9-7-5-4-6-8-10-2/h10H,3-9H2,1-2H3. The van der Waals surface area contributed by atoms with Gasteiger partial charge in [-0.15, -0.1) is 0 Å². The van der Waals surface area contributed by atoms with Crippen LogP contribution in [-0.4, -0.2) is 26.8 Å². The highest BCUT2D eigenvalue weighted by Crippen LogP contribution is 1.98. The first-order chi connectivity index (χ1) is 5.41. The van der Waals surface area contributed by atoms with Gasteiger partial charge in [0.15, 0.2) is 0 Å². The molecule has 0 bridgehead atoms. The van der Waals surface area contributed by atoms with E-state index in [4.69, 9.17) is 4.74 Å². The molecule has 11 heavy (non-hydrogen) atoms. The van der Waals surface area contributed by atoms with Crippen LogP contribution in [0.3, 0.4) is 0 Å². The Kier molecular flexibility index (Phi) is 9.85. The molecule has 0 unspecified atom stereocenters. The van der Waals surface area contributed by atoms with Gasteiger partial charge in [-0.2, -0.15) is 0 Å². The maximum absolute atomic E-state index is 5.22. The van der Waals surface area contributed by atoms with Crippen LogP contribution in [0.25, 0.3) is 0 Å². The van der Waals surface area contributed by atoms with Crippen LogP contribution in [0.5, 0.6) is 0 Å². The van der Waals surface area contributed by atoms with Gasteiger partial charge in [-0.25, -0.2) is 0 Å². The summed E-state index contributed by atoms with van der Waals surface area (Å²) in [6, 6.07) is 0. The molecule has 0 saturated carbocycles. The van der Waals surface area contributed by atoms with E-state index in [1.807, 2.05) is 14.0 Å². The van der Waals surface area contributed by atoms with Crippen LogP contribution in [0.15, 0.2) is 0 Å². The van der Waals surface area contributed by atoms with E-state index in [-0.39, 0.29) is 0 Å². The summed E-state index contributed by atoms with van der Waals surface area (Å²) < 4.78 is 5.22. The lowest BCUT2D eigenvalue weighted by Crippen LogP contribution is -2.07. The molecular formula is C9H21NO. The van der Waals surface area contributed by atoms with E-state index >= 15 is 0 Å². The van der Waals surface area contributed by atoms with Gasteiger partial charge in [0.1, 0.15) is 0 Å². The maximum Gasteiger partial charge on any atom is 0.0465 e. The molecule has 0 aliphatic heterocycles. The molecule has 0 aromatic heterocycles. The van der Waals surface area contributed by atoms with Gasteiger partial charge >= 0.3 is 0 Å². The van der Waals surface area contributed by atoms with E-state index in [0.717, 1.165) is 19.8 Å². The summed E-state index contributed by atoms with van der Waals surface area (Å²) in [4.78, 5) is 0. The number of nitrogens with one attached hydrogen (secondary N) is 1. The molecule has 0 saturated heterocycles. The molecule has 1 N–H and O–H groups in total. The van der Waals surface area contributed by atoms with Crippen molar-refractivity contribution in [3.63, 3.8) is 0 Å². The van der Waals surface area contributed by atoms with Crippen molar-refractivity contribution >= 4 is 0 Å². The summed E-state index contributed by atoms with van der Waals surface area (Å²) in [7, 11) is 2.00. The summed E-state index contributed by atoms with van der Waals surface area (Å²) in [5, 5.41) is 3.14. The van der Waals surface area contributed by atoms with Crippen LogP contribution in [0.4, 0.5) is 0 Å². The molecule has 0 radical (unpaired) electrons. The van der Waals surface area contributed by atoms with Crippen molar-refractivity contribution in [2.45, 2.75) is 32.6 Å². The monoisotopic (exact) mass is 159 g/mol. The minimum Gasteiger partial charge on any atom is -0.382 e. The van der Waals surface area contributed by atoms with Gasteiger partial charge < -0.3 is 10.1 Å². The van der Waals surface area contributed by atoms with Crippen molar-refractivity contribution in [1.82, 2.24) is 5.32 Å². The first kappa shape index (κ1) is 10.9. The molecule has 0 rings (SSSR count). The molecule has 0 atom stereocenters. The second-order valence-corrected chi connectivity index (χ2v) is 2.71. The van der Waals surface area contributed by atoms with Crippen molar-refractivity contribution in [1.29, 1.82) is 0 Å². The van der Waals surface area contributed by atoms with Crippen LogP contribution in [0.1, 0.15) is 32.6 Å². The molecule has 0 aliphatic rings. The minimum absolute atomic E-state index is 0.858. The van der Waals surface area contributed by atoms with E-state index in [9.17, 15) is 0 Å². The molecule has 0 aliphatic carbocycles. The van der Waals surface area contributed by atoms with E-state index < -0.39 is 0 Å². The number of ether oxygens (including phenoxy) is 1. The van der Waals surface area contributed by atoms with E-state index in [2.05, 4.69) is 5.32 Å². The average Bonchev–Trinajstić information content (AvgIpc) is 2.03. The van der Waals surface area contributed by atoms with Crippen molar-refractivity contribution in [2.24, 2.45) is 0 Å². The Bertz CT molecular complexity index is 58.6. The van der Waals surface area contributed by atoms with Crippen molar-refractivity contribution < 1.29 is 4.74 Å². The Morgan fingerprint density at radius 2 is 1.82 bits per heavy atom. The molecule has 2 heteroatoms. The van der Waals surface area contributed by atoms with Crippen molar-refractivity contribution in [3.05, 3.63) is 0 Å². The van der Waals surface area contributed by atoms with E-state index in [0.29, 0.717) is 0 Å². The van der Waals surface area contributed by atoms with Crippen LogP contribution >= 0.6 is 0 Å². The summed E-state index contributed by atoms with van der Waals surface area (Å²) in [6.45, 7) is 4.99. The second kappa shape index (κ2) is 9.92. The maximum atomic E-state index is 5.22. The first-order valence-electron chi connectivity index (χ1n) is 4.64. The van der Waals surface area contributed by atoms with Crippen LogP contribution in [0, 0.1) is 0 Å². The molecule has 0 fully saturated rings. The molecule has 2 nitrogen and oxygen atoms in total. The normalized spacial score (nSPS) is 10.4. The minimum atomic E-state index is 0.858. The van der Waals surface area contributed by atoms with E-state index in [1.54, 1.807) is 0 Å². The van der Waals surface area contributed by atoms with Gasteiger partial charge in [0.25, 0.3) is 0 Å². The van der Waals surface area contributed by atoms with Gasteiger partial charge in [0, 0.05) is 13.2 Å². The Labute approximate surface area is 70.3 Å². The zero-order valence-corrected chi connectivity index (χ0v) is 7.86. The lowest BCUT2D eigenvalue weighted by Gasteiger charge is -2.00. The molecule has 68 valence electrons. The Morgan fingerprint density at radius 3 is 2.45 bits per heavy atom. The summed E-state index contributed by atoms with van der Waals surface area (Å²) in [5.74, 6) is 0. The predicted octanol–water partition coefficient (Wildman–Crippen LogP) is 1.80. The highest BCUT2D eigenvalue weighted by atomic mass is 16.5. The van der Waals surface area contributed by atoms with E-state index in [1.165, 1.54) is 25.7 Å². The lowest BCUT2D eigenvalue weighted by molar-refractivity contribution is 0.143. The highest BCUT2D eigenvalue weighted by molar-refractivity contribution is 4.44. The van der Waals surface area contributed by atoms with Gasteiger partial charge in [-0.05, 0) is 33.4 Å². The molecule has 0 amide bonds. The molecule has 0 heterocycles. The first-order valence-corrected chi connectivity index (χ1v) is 4.64. The van der Waals surface area contributed by atoms with Gasteiger partial charge in [-0.3, -0.25) is 0 Å². The number of hydrogen-bond acceptors (Lipinski definition) is 2. The zero-order chi connectivity index (χ0) is 8.36. The zero-order valence-electron chi connectivity index (χ0n) is 7.86. The number of hydrogen-bond donors (Lipinski definition) is 1. The third-order valence-corrected chi connectivity index (χ3v) is 1.67. The third kappa shape index (κ3) is 9.92. The average molecular weight is 159 g/mol. The fraction of sp³-hybridized carbons (Fsp3) is 1.00. The van der Waals surface area contributed by atoms with Crippen LogP contribution in [0.2, 0.25) is 0 Å². The Balaban J connectivity index is 2.69. The summed E-state index contributed by atoms with van der Waals surface area (Å²) in [6.07, 6.45) is 5.15. The molecular weight excluding hydrogens is 138 g/mol. The molecule has 0 spiro atoms. The quantitative estimate of drug-likeness (QED) is 0.545. The SMILES string of the molecule is CCOCCCCCCNC. The van der Waals surface area contributed by atoms with Crippen LogP contribution < -0.4 is 5.32 Å². The van der Waals surface area contributed by atoms with Gasteiger partial charge in [-0.1, -0.05) is 12.8 Å². The summed E-state index contributed by atoms with van der Waals surface area (Å²) >= 11 is 0. The van der Waals surface area contributed by atoms with Gasteiger partial charge in [0.2, 0.25) is 0 Å². The lowest BCUT2D eigenvalue weighted by atomic mass is 10.2. The van der Waals surface area contributed by atoms with Crippen molar-refractivity contribution in [2.75, 3.05) is 26.8 Å². The molecule has 0 aromatic carbocycles. The largest absolute Gasteiger partial charge is 0.382 e. The fourth-order valence-corrected chi connectivity index (χ4v) is 1.00. The predicted molar refractivity (Wildman–Crippen MR) is 48.9 cm³/mol. The molecule has 0 aromatic rings. The highest BCUT2D eigenvalue weighted by Gasteiger charge is 1.88. The van der Waals surface area contributed by atoms with Crippen LogP contribution in [-0.2, 0) is 4.74 Å². The van der Waals surface area contributed by atoms with Gasteiger partial charge in [0.05, 0.1) is 0 Å². The third-order valence-electron chi connectivity index (χ3n) is 1.67. The van der Waals surface area contributed by atoms with Crippen molar-refractivity contribution in [3.8, 4) is 0 Å². The smallest absolute Gasteiger partial charge is 0.0465 e.